The van der Waals surface area contributed by atoms with Gasteiger partial charge < -0.3 is 33.8 Å². The Balaban J connectivity index is 5.22. The first kappa shape index (κ1) is 88.1. The molecule has 0 aliphatic carbocycles. The van der Waals surface area contributed by atoms with E-state index in [1.54, 1.807) is 0 Å². The molecule has 5 atom stereocenters. The molecule has 19 heteroatoms. The molecule has 17 nitrogen and oxygen atoms in total. The zero-order valence-electron chi connectivity index (χ0n) is 58.4. The van der Waals surface area contributed by atoms with Crippen molar-refractivity contribution in [1.82, 2.24) is 0 Å². The lowest BCUT2D eigenvalue weighted by atomic mass is 10.0. The summed E-state index contributed by atoms with van der Waals surface area (Å²) in [4.78, 5) is 72.5. The molecular formula is C71H138O17P2. The van der Waals surface area contributed by atoms with E-state index in [1.165, 1.54) is 173 Å². The Morgan fingerprint density at radius 3 is 0.756 bits per heavy atom. The molecule has 90 heavy (non-hydrogen) atoms. The van der Waals surface area contributed by atoms with E-state index in [0.717, 1.165) is 108 Å². The van der Waals surface area contributed by atoms with Gasteiger partial charge in [0.15, 0.2) is 12.2 Å². The van der Waals surface area contributed by atoms with Crippen LogP contribution in [0.5, 0.6) is 0 Å². The molecular weight excluding hydrogens is 1190 g/mol. The van der Waals surface area contributed by atoms with Crippen LogP contribution in [0.4, 0.5) is 0 Å². The second kappa shape index (κ2) is 63.1. The summed E-state index contributed by atoms with van der Waals surface area (Å²) >= 11 is 0. The molecule has 0 aromatic carbocycles. The minimum absolute atomic E-state index is 0.104. The maximum Gasteiger partial charge on any atom is 0.472 e. The summed E-state index contributed by atoms with van der Waals surface area (Å²) in [6.45, 7) is 9.51. The quantitative estimate of drug-likeness (QED) is 0.0222. The number of unbranched alkanes of at least 4 members (excludes halogenated alkanes) is 40. The van der Waals surface area contributed by atoms with E-state index in [-0.39, 0.29) is 25.7 Å². The van der Waals surface area contributed by atoms with Gasteiger partial charge >= 0.3 is 39.5 Å². The molecule has 0 aliphatic heterocycles. The van der Waals surface area contributed by atoms with Crippen molar-refractivity contribution in [1.29, 1.82) is 0 Å². The average Bonchev–Trinajstić information content (AvgIpc) is 3.68. The van der Waals surface area contributed by atoms with Gasteiger partial charge in [0.1, 0.15) is 19.3 Å². The number of aliphatic hydroxyl groups is 1. The van der Waals surface area contributed by atoms with Gasteiger partial charge in [0, 0.05) is 25.7 Å². The summed E-state index contributed by atoms with van der Waals surface area (Å²) in [5, 5.41) is 10.6. The monoisotopic (exact) mass is 1320 g/mol. The van der Waals surface area contributed by atoms with Crippen LogP contribution in [-0.2, 0) is 65.4 Å². The largest absolute Gasteiger partial charge is 0.472 e. The van der Waals surface area contributed by atoms with Crippen molar-refractivity contribution in [2.45, 2.75) is 381 Å². The molecule has 0 amide bonds. The smallest absolute Gasteiger partial charge is 0.462 e. The standard InChI is InChI=1S/C71H138O17P2/c1-7-9-11-13-15-17-18-19-20-23-26-29-36-42-48-54-69(74)82-60-67(87-70(75)55-49-43-37-30-27-24-21-22-25-28-33-39-45-51-63(3)4)62-86-90(79,80)84-58-65(72)57-83-89(77,78)85-61-66(59-81-68(73)53-47-41-35-16-14-12-10-8-2)88-71(76)56-50-44-38-32-31-34-40-46-52-64(5)6/h63-67,72H,7-62H2,1-6H3,(H,77,78)(H,79,80)/t65-,66+,67+/m0/s1. The number of hydrogen-bond acceptors (Lipinski definition) is 15. The SMILES string of the molecule is CCCCCCCCCCCCCCCCCC(=O)OC[C@H](COP(=O)(O)OC[C@@H](O)COP(=O)(O)OC[C@@H](COC(=O)CCCCCCCCCC)OC(=O)CCCCCCCCCCC(C)C)OC(=O)CCCCCCCCCCCCCCCC(C)C. The molecule has 0 rings (SSSR count). The fourth-order valence-electron chi connectivity index (χ4n) is 10.8. The van der Waals surface area contributed by atoms with Crippen LogP contribution < -0.4 is 0 Å². The number of aliphatic hydroxyl groups excluding tert-OH is 1. The van der Waals surface area contributed by atoms with Gasteiger partial charge in [-0.3, -0.25) is 37.3 Å². The molecule has 0 saturated carbocycles. The van der Waals surface area contributed by atoms with Crippen LogP contribution in [0.25, 0.3) is 0 Å². The molecule has 0 aromatic heterocycles. The number of esters is 4. The van der Waals surface area contributed by atoms with Crippen LogP contribution in [0.3, 0.4) is 0 Å². The van der Waals surface area contributed by atoms with Crippen LogP contribution in [0.2, 0.25) is 0 Å². The normalized spacial score (nSPS) is 14.1. The number of phosphoric acid groups is 2. The van der Waals surface area contributed by atoms with Gasteiger partial charge in [-0.15, -0.1) is 0 Å². The molecule has 0 bridgehead atoms. The van der Waals surface area contributed by atoms with Crippen molar-refractivity contribution in [3.05, 3.63) is 0 Å². The number of carbonyl (C=O) groups is 4. The van der Waals surface area contributed by atoms with Crippen molar-refractivity contribution >= 4 is 39.5 Å². The average molecular weight is 1330 g/mol. The Morgan fingerprint density at radius 2 is 0.511 bits per heavy atom. The molecule has 0 spiro atoms. The zero-order chi connectivity index (χ0) is 66.5. The van der Waals surface area contributed by atoms with Crippen LogP contribution in [0.1, 0.15) is 363 Å². The van der Waals surface area contributed by atoms with Crippen molar-refractivity contribution < 1.29 is 80.2 Å². The Morgan fingerprint density at radius 1 is 0.300 bits per heavy atom. The van der Waals surface area contributed by atoms with Gasteiger partial charge in [-0.05, 0) is 37.5 Å². The van der Waals surface area contributed by atoms with Crippen molar-refractivity contribution in [2.75, 3.05) is 39.6 Å². The number of hydrogen-bond donors (Lipinski definition) is 3. The Labute approximate surface area is 549 Å². The lowest BCUT2D eigenvalue weighted by Crippen LogP contribution is -2.30. The minimum Gasteiger partial charge on any atom is -0.462 e. The van der Waals surface area contributed by atoms with E-state index in [2.05, 4.69) is 41.5 Å². The van der Waals surface area contributed by atoms with Gasteiger partial charge in [-0.2, -0.15) is 0 Å². The summed E-state index contributed by atoms with van der Waals surface area (Å²) in [6, 6.07) is 0. The number of rotatable bonds is 70. The first-order valence-electron chi connectivity index (χ1n) is 37.0. The summed E-state index contributed by atoms with van der Waals surface area (Å²) in [7, 11) is -9.90. The summed E-state index contributed by atoms with van der Waals surface area (Å²) < 4.78 is 68.3. The van der Waals surface area contributed by atoms with Crippen LogP contribution >= 0.6 is 15.6 Å². The molecule has 0 aromatic rings. The Kier molecular flexibility index (Phi) is 61.8. The second-order valence-electron chi connectivity index (χ2n) is 26.6. The highest BCUT2D eigenvalue weighted by atomic mass is 31.2. The molecule has 0 aliphatic rings. The van der Waals surface area contributed by atoms with Gasteiger partial charge in [-0.1, -0.05) is 311 Å². The molecule has 2 unspecified atom stereocenters. The third kappa shape index (κ3) is 64.8. The highest BCUT2D eigenvalue weighted by molar-refractivity contribution is 7.47. The fraction of sp³-hybridized carbons (Fsp3) is 0.944. The van der Waals surface area contributed by atoms with E-state index in [9.17, 15) is 43.2 Å². The number of carbonyl (C=O) groups excluding carboxylic acids is 4. The van der Waals surface area contributed by atoms with Crippen LogP contribution in [-0.4, -0.2) is 96.7 Å². The topological polar surface area (TPSA) is 237 Å². The highest BCUT2D eigenvalue weighted by Crippen LogP contribution is 2.45. The molecule has 0 fully saturated rings. The van der Waals surface area contributed by atoms with E-state index in [4.69, 9.17) is 37.0 Å². The highest BCUT2D eigenvalue weighted by Gasteiger charge is 2.30. The summed E-state index contributed by atoms with van der Waals surface area (Å²) in [5.74, 6) is -0.620. The van der Waals surface area contributed by atoms with E-state index >= 15 is 0 Å². The molecule has 3 N–H and O–H groups in total. The first-order chi connectivity index (χ1) is 43.4. The maximum atomic E-state index is 13.0. The zero-order valence-corrected chi connectivity index (χ0v) is 60.2. The predicted molar refractivity (Wildman–Crippen MR) is 363 cm³/mol. The predicted octanol–water partition coefficient (Wildman–Crippen LogP) is 20.4. The first-order valence-corrected chi connectivity index (χ1v) is 40.0. The van der Waals surface area contributed by atoms with E-state index in [1.807, 2.05) is 0 Å². The lowest BCUT2D eigenvalue weighted by Gasteiger charge is -2.21. The van der Waals surface area contributed by atoms with Gasteiger partial charge in [-0.25, -0.2) is 9.13 Å². The van der Waals surface area contributed by atoms with Crippen LogP contribution in [0, 0.1) is 11.8 Å². The molecule has 534 valence electrons. The van der Waals surface area contributed by atoms with E-state index < -0.39 is 97.5 Å². The molecule has 0 radical (unpaired) electrons. The summed E-state index contributed by atoms with van der Waals surface area (Å²) in [6.07, 6.45) is 48.6. The Bertz CT molecular complexity index is 1750. The summed E-state index contributed by atoms with van der Waals surface area (Å²) in [5.41, 5.74) is 0. The van der Waals surface area contributed by atoms with Crippen LogP contribution in [0.15, 0.2) is 0 Å². The van der Waals surface area contributed by atoms with Gasteiger partial charge in [0.25, 0.3) is 0 Å². The van der Waals surface area contributed by atoms with E-state index in [0.29, 0.717) is 25.7 Å². The van der Waals surface area contributed by atoms with Gasteiger partial charge in [0.2, 0.25) is 0 Å². The third-order valence-electron chi connectivity index (χ3n) is 16.5. The number of ether oxygens (including phenoxy) is 4. The van der Waals surface area contributed by atoms with Gasteiger partial charge in [0.05, 0.1) is 26.4 Å². The molecule has 0 heterocycles. The van der Waals surface area contributed by atoms with Crippen molar-refractivity contribution in [2.24, 2.45) is 11.8 Å². The third-order valence-corrected chi connectivity index (χ3v) is 18.4. The Hall–Kier alpha value is -1.94. The fourth-order valence-corrected chi connectivity index (χ4v) is 12.3. The second-order valence-corrected chi connectivity index (χ2v) is 29.5. The minimum atomic E-state index is -4.95. The van der Waals surface area contributed by atoms with Crippen molar-refractivity contribution in [3.63, 3.8) is 0 Å². The number of phosphoric ester groups is 2. The maximum absolute atomic E-state index is 13.0. The lowest BCUT2D eigenvalue weighted by molar-refractivity contribution is -0.161. The van der Waals surface area contributed by atoms with Crippen molar-refractivity contribution in [3.8, 4) is 0 Å². The molecule has 0 saturated heterocycles.